The monoisotopic (exact) mass is 345 g/mol. The van der Waals surface area contributed by atoms with E-state index in [4.69, 9.17) is 15.2 Å². The summed E-state index contributed by atoms with van der Waals surface area (Å²) >= 11 is 0. The van der Waals surface area contributed by atoms with Crippen molar-refractivity contribution in [3.63, 3.8) is 0 Å². The molecule has 0 atom stereocenters. The number of nitrogens with one attached hydrogen (secondary N) is 1. The summed E-state index contributed by atoms with van der Waals surface area (Å²) in [7, 11) is 1.67. The van der Waals surface area contributed by atoms with Gasteiger partial charge in [0.2, 0.25) is 0 Å². The highest BCUT2D eigenvalue weighted by Crippen LogP contribution is 2.14. The Morgan fingerprint density at radius 3 is 2.60 bits per heavy atom. The van der Waals surface area contributed by atoms with Crippen LogP contribution in [0.1, 0.15) is 38.7 Å². The number of amidine groups is 1. The smallest absolute Gasteiger partial charge is 0.160 e. The third kappa shape index (κ3) is 8.84. The van der Waals surface area contributed by atoms with E-state index >= 15 is 0 Å². The summed E-state index contributed by atoms with van der Waals surface area (Å²) in [5.41, 5.74) is 7.60. The number of methoxy groups -OCH3 is 1. The number of nitrogens with two attached hydrogens (primary N) is 1. The van der Waals surface area contributed by atoms with Gasteiger partial charge in [0, 0.05) is 6.54 Å². The van der Waals surface area contributed by atoms with Crippen molar-refractivity contribution < 1.29 is 9.47 Å². The maximum absolute atomic E-state index is 5.86. The lowest BCUT2D eigenvalue weighted by Gasteiger charge is -2.14. The number of hydrogen-bond donors (Lipinski definition) is 2. The van der Waals surface area contributed by atoms with Crippen molar-refractivity contribution in [3.05, 3.63) is 54.1 Å². The zero-order valence-corrected chi connectivity index (χ0v) is 15.7. The Kier molecular flexibility index (Phi) is 9.90. The maximum atomic E-state index is 5.86. The van der Waals surface area contributed by atoms with Gasteiger partial charge in [0.15, 0.2) is 5.76 Å². The van der Waals surface area contributed by atoms with Crippen LogP contribution in [0, 0.1) is 0 Å². The second-order valence-corrected chi connectivity index (χ2v) is 5.82. The van der Waals surface area contributed by atoms with Crippen LogP contribution in [0.2, 0.25) is 0 Å². The van der Waals surface area contributed by atoms with Gasteiger partial charge in [0.25, 0.3) is 0 Å². The highest BCUT2D eigenvalue weighted by molar-refractivity contribution is 5.78. The number of hydrogen-bond acceptors (Lipinski definition) is 4. The van der Waals surface area contributed by atoms with Crippen molar-refractivity contribution in [1.82, 2.24) is 5.32 Å². The molecule has 0 fully saturated rings. The average Bonchev–Trinajstić information content (AvgIpc) is 2.61. The number of rotatable bonds is 12. The molecule has 0 spiro atoms. The first-order valence-corrected chi connectivity index (χ1v) is 8.75. The van der Waals surface area contributed by atoms with Gasteiger partial charge in [0.1, 0.15) is 5.75 Å². The van der Waals surface area contributed by atoms with E-state index in [2.05, 4.69) is 35.9 Å². The Balaban J connectivity index is 2.49. The summed E-state index contributed by atoms with van der Waals surface area (Å²) in [6.45, 7) is 9.38. The van der Waals surface area contributed by atoms with Crippen LogP contribution in [0.3, 0.4) is 0 Å². The van der Waals surface area contributed by atoms with Gasteiger partial charge in [-0.05, 0) is 43.9 Å². The zero-order chi connectivity index (χ0) is 18.5. The Morgan fingerprint density at radius 2 is 2.00 bits per heavy atom. The molecule has 0 aromatic heterocycles. The van der Waals surface area contributed by atoms with Crippen LogP contribution in [0.5, 0.6) is 5.75 Å². The second-order valence-electron chi connectivity index (χ2n) is 5.82. The van der Waals surface area contributed by atoms with Crippen LogP contribution in [0.25, 0.3) is 0 Å². The lowest BCUT2D eigenvalue weighted by atomic mass is 10.1. The van der Waals surface area contributed by atoms with E-state index < -0.39 is 0 Å². The van der Waals surface area contributed by atoms with Crippen LogP contribution >= 0.6 is 0 Å². The fourth-order valence-electron chi connectivity index (χ4n) is 2.12. The molecular formula is C20H31N3O2. The van der Waals surface area contributed by atoms with Crippen LogP contribution < -0.4 is 15.8 Å². The second kappa shape index (κ2) is 12.0. The zero-order valence-electron chi connectivity index (χ0n) is 15.7. The molecule has 3 N–H and O–H groups in total. The standard InChI is InChI=1S/C20H31N3O2/c1-5-6-13-22-16(2)20(15-23-17(3)21)25-14-7-8-18-9-11-19(24-4)12-10-18/h9-12,15,22H,2,5-8,13-14H2,1,3-4H3,(H2,21,23)/b20-15+. The molecule has 0 aliphatic heterocycles. The number of ether oxygens (including phenoxy) is 2. The van der Waals surface area contributed by atoms with Gasteiger partial charge in [-0.2, -0.15) is 0 Å². The summed E-state index contributed by atoms with van der Waals surface area (Å²) in [6.07, 6.45) is 5.68. The first-order valence-electron chi connectivity index (χ1n) is 8.75. The van der Waals surface area contributed by atoms with Crippen LogP contribution in [0.15, 0.2) is 53.5 Å². The van der Waals surface area contributed by atoms with Crippen LogP contribution in [0.4, 0.5) is 0 Å². The lowest BCUT2D eigenvalue weighted by Crippen LogP contribution is -2.17. The van der Waals surface area contributed by atoms with E-state index in [1.807, 2.05) is 12.1 Å². The maximum Gasteiger partial charge on any atom is 0.160 e. The van der Waals surface area contributed by atoms with Gasteiger partial charge in [0.05, 0.1) is 31.4 Å². The number of benzene rings is 1. The van der Waals surface area contributed by atoms with Gasteiger partial charge in [-0.3, -0.25) is 0 Å². The molecule has 5 nitrogen and oxygen atoms in total. The summed E-state index contributed by atoms with van der Waals surface area (Å²) in [4.78, 5) is 4.12. The minimum atomic E-state index is 0.487. The Labute approximate surface area is 151 Å². The molecule has 0 radical (unpaired) electrons. The van der Waals surface area contributed by atoms with Crippen molar-refractivity contribution in [2.24, 2.45) is 10.7 Å². The molecular weight excluding hydrogens is 314 g/mol. The largest absolute Gasteiger partial charge is 0.497 e. The molecule has 0 bridgehead atoms. The molecule has 138 valence electrons. The van der Waals surface area contributed by atoms with Gasteiger partial charge in [-0.25, -0.2) is 4.99 Å². The quantitative estimate of drug-likeness (QED) is 0.199. The van der Waals surface area contributed by atoms with E-state index in [9.17, 15) is 0 Å². The highest BCUT2D eigenvalue weighted by atomic mass is 16.5. The molecule has 0 saturated carbocycles. The minimum absolute atomic E-state index is 0.487. The summed E-state index contributed by atoms with van der Waals surface area (Å²) < 4.78 is 11.0. The Hall–Kier alpha value is -2.43. The predicted molar refractivity (Wildman–Crippen MR) is 105 cm³/mol. The Morgan fingerprint density at radius 1 is 1.28 bits per heavy atom. The van der Waals surface area contributed by atoms with E-state index in [0.717, 1.165) is 43.7 Å². The van der Waals surface area contributed by atoms with E-state index in [-0.39, 0.29) is 0 Å². The SMILES string of the molecule is C=C(NCCCC)/C(=C\N=C(C)N)OCCCc1ccc(OC)cc1. The normalized spacial score (nSPS) is 12.0. The van der Waals surface area contributed by atoms with E-state index in [1.54, 1.807) is 20.2 Å². The van der Waals surface area contributed by atoms with Crippen molar-refractivity contribution in [2.45, 2.75) is 39.5 Å². The van der Waals surface area contributed by atoms with Gasteiger partial charge < -0.3 is 20.5 Å². The van der Waals surface area contributed by atoms with E-state index in [0.29, 0.717) is 18.2 Å². The number of aliphatic imine (C=N–C) groups is 1. The van der Waals surface area contributed by atoms with E-state index in [1.165, 1.54) is 5.56 Å². The molecule has 1 rings (SSSR count). The third-order valence-electron chi connectivity index (χ3n) is 3.58. The fraction of sp³-hybridized carbons (Fsp3) is 0.450. The first kappa shape index (κ1) is 20.6. The molecule has 0 heterocycles. The minimum Gasteiger partial charge on any atom is -0.497 e. The third-order valence-corrected chi connectivity index (χ3v) is 3.58. The van der Waals surface area contributed by atoms with Crippen molar-refractivity contribution in [3.8, 4) is 5.75 Å². The molecule has 1 aromatic rings. The highest BCUT2D eigenvalue weighted by Gasteiger charge is 2.04. The lowest BCUT2D eigenvalue weighted by molar-refractivity contribution is 0.212. The molecule has 0 aliphatic rings. The number of unbranched alkanes of at least 4 members (excludes halogenated alkanes) is 1. The predicted octanol–water partition coefficient (Wildman–Crippen LogP) is 3.77. The fourth-order valence-corrected chi connectivity index (χ4v) is 2.12. The molecule has 5 heteroatoms. The van der Waals surface area contributed by atoms with Crippen LogP contribution in [-0.4, -0.2) is 26.1 Å². The summed E-state index contributed by atoms with van der Waals surface area (Å²) in [5, 5.41) is 3.27. The molecule has 0 unspecified atom stereocenters. The number of nitrogens with zero attached hydrogens (tertiary/aromatic N) is 1. The molecule has 0 aliphatic carbocycles. The van der Waals surface area contributed by atoms with Gasteiger partial charge in [-0.15, -0.1) is 0 Å². The van der Waals surface area contributed by atoms with Gasteiger partial charge in [-0.1, -0.05) is 32.1 Å². The van der Waals surface area contributed by atoms with Crippen molar-refractivity contribution in [2.75, 3.05) is 20.3 Å². The van der Waals surface area contributed by atoms with Crippen LogP contribution in [-0.2, 0) is 11.2 Å². The van der Waals surface area contributed by atoms with Crippen molar-refractivity contribution >= 4 is 5.84 Å². The Bertz CT molecular complexity index is 573. The molecule has 1 aromatic carbocycles. The topological polar surface area (TPSA) is 68.9 Å². The summed E-state index contributed by atoms with van der Waals surface area (Å²) in [5.74, 6) is 1.99. The first-order chi connectivity index (χ1) is 12.1. The summed E-state index contributed by atoms with van der Waals surface area (Å²) in [6, 6.07) is 8.09. The molecule has 0 amide bonds. The number of aryl methyl sites for hydroxylation is 1. The molecule has 25 heavy (non-hydrogen) atoms. The molecule has 0 saturated heterocycles. The van der Waals surface area contributed by atoms with Gasteiger partial charge >= 0.3 is 0 Å². The average molecular weight is 345 g/mol. The van der Waals surface area contributed by atoms with Crippen molar-refractivity contribution in [1.29, 1.82) is 0 Å².